The molecule has 0 aliphatic carbocycles. The fourth-order valence-corrected chi connectivity index (χ4v) is 2.59. The summed E-state index contributed by atoms with van der Waals surface area (Å²) >= 11 is 0. The van der Waals surface area contributed by atoms with Gasteiger partial charge >= 0.3 is 0 Å². The number of hydrogen-bond acceptors (Lipinski definition) is 3. The van der Waals surface area contributed by atoms with Gasteiger partial charge in [-0.3, -0.25) is 9.59 Å². The van der Waals surface area contributed by atoms with Crippen LogP contribution in [0.15, 0.2) is 24.3 Å². The molecule has 0 bridgehead atoms. The van der Waals surface area contributed by atoms with Gasteiger partial charge in [-0.25, -0.2) is 4.39 Å². The van der Waals surface area contributed by atoms with Gasteiger partial charge in [0.15, 0.2) is 0 Å². The molecule has 6 heteroatoms. The first-order valence-corrected chi connectivity index (χ1v) is 7.65. The molecule has 0 atom stereocenters. The molecule has 2 rings (SSSR count). The average Bonchev–Trinajstić information content (AvgIpc) is 2.53. The monoisotopic (exact) mass is 307 g/mol. The Hall–Kier alpha value is -1.95. The normalized spacial score (nSPS) is 15.6. The minimum absolute atomic E-state index is 0.00401. The molecule has 0 spiro atoms. The Balaban J connectivity index is 1.83. The maximum atomic E-state index is 13.6. The highest BCUT2D eigenvalue weighted by molar-refractivity contribution is 5.94. The van der Waals surface area contributed by atoms with E-state index in [0.29, 0.717) is 45.3 Å². The lowest BCUT2D eigenvalue weighted by molar-refractivity contribution is -0.122. The second-order valence-corrected chi connectivity index (χ2v) is 5.51. The average molecular weight is 307 g/mol. The van der Waals surface area contributed by atoms with E-state index < -0.39 is 5.82 Å². The molecule has 0 saturated carbocycles. The van der Waals surface area contributed by atoms with E-state index in [0.717, 1.165) is 0 Å². The van der Waals surface area contributed by atoms with Crippen molar-refractivity contribution in [3.8, 4) is 0 Å². The van der Waals surface area contributed by atoms with Crippen molar-refractivity contribution >= 4 is 11.8 Å². The zero-order chi connectivity index (χ0) is 15.9. The van der Waals surface area contributed by atoms with Crippen molar-refractivity contribution in [2.75, 3.05) is 19.6 Å². The number of nitrogens with one attached hydrogen (secondary N) is 1. The Morgan fingerprint density at radius 2 is 1.95 bits per heavy atom. The molecule has 0 aromatic heterocycles. The second-order valence-electron chi connectivity index (χ2n) is 5.51. The summed E-state index contributed by atoms with van der Waals surface area (Å²) in [5, 5.41) is 2.96. The highest BCUT2D eigenvalue weighted by Crippen LogP contribution is 2.16. The van der Waals surface area contributed by atoms with E-state index >= 15 is 0 Å². The third kappa shape index (κ3) is 4.27. The van der Waals surface area contributed by atoms with Crippen molar-refractivity contribution < 1.29 is 14.0 Å². The maximum absolute atomic E-state index is 13.6. The van der Waals surface area contributed by atoms with E-state index in [1.165, 1.54) is 12.1 Å². The largest absolute Gasteiger partial charge is 0.353 e. The Bertz CT molecular complexity index is 528. The number of nitrogens with zero attached hydrogens (tertiary/aromatic N) is 1. The number of amides is 2. The van der Waals surface area contributed by atoms with Crippen LogP contribution in [-0.2, 0) is 4.79 Å². The number of carbonyl (C=O) groups excluding carboxylic acids is 2. The SMILES string of the molecule is NCCCC(=O)NC1CCN(C(=O)c2ccccc2F)CC1. The molecule has 5 nitrogen and oxygen atoms in total. The van der Waals surface area contributed by atoms with Crippen molar-refractivity contribution in [3.05, 3.63) is 35.6 Å². The lowest BCUT2D eigenvalue weighted by Gasteiger charge is -2.32. The first-order chi connectivity index (χ1) is 10.6. The van der Waals surface area contributed by atoms with Gasteiger partial charge in [0.2, 0.25) is 5.91 Å². The second kappa shape index (κ2) is 7.89. The molecule has 120 valence electrons. The van der Waals surface area contributed by atoms with Gasteiger partial charge < -0.3 is 16.0 Å². The van der Waals surface area contributed by atoms with Crippen molar-refractivity contribution in [1.82, 2.24) is 10.2 Å². The first kappa shape index (κ1) is 16.4. The van der Waals surface area contributed by atoms with E-state index in [-0.39, 0.29) is 23.4 Å². The van der Waals surface area contributed by atoms with Gasteiger partial charge in [0, 0.05) is 25.6 Å². The van der Waals surface area contributed by atoms with E-state index in [1.807, 2.05) is 0 Å². The van der Waals surface area contributed by atoms with Crippen LogP contribution in [0.4, 0.5) is 4.39 Å². The molecule has 1 heterocycles. The van der Waals surface area contributed by atoms with Crippen LogP contribution >= 0.6 is 0 Å². The fraction of sp³-hybridized carbons (Fsp3) is 0.500. The molecule has 0 unspecified atom stereocenters. The lowest BCUT2D eigenvalue weighted by atomic mass is 10.0. The summed E-state index contributed by atoms with van der Waals surface area (Å²) in [6.07, 6.45) is 2.49. The molecular weight excluding hydrogens is 285 g/mol. The minimum Gasteiger partial charge on any atom is -0.353 e. The standard InChI is InChI=1S/C16H22FN3O2/c17-14-5-2-1-4-13(14)16(22)20-10-7-12(8-11-20)19-15(21)6-3-9-18/h1-2,4-5,12H,3,6-11,18H2,(H,19,21). The summed E-state index contributed by atoms with van der Waals surface area (Å²) in [4.78, 5) is 25.6. The predicted molar refractivity (Wildman–Crippen MR) is 81.8 cm³/mol. The van der Waals surface area contributed by atoms with Crippen LogP contribution in [0.25, 0.3) is 0 Å². The summed E-state index contributed by atoms with van der Waals surface area (Å²) in [7, 11) is 0. The maximum Gasteiger partial charge on any atom is 0.256 e. The molecule has 3 N–H and O–H groups in total. The molecule has 2 amide bonds. The minimum atomic E-state index is -0.496. The number of piperidine rings is 1. The van der Waals surface area contributed by atoms with Gasteiger partial charge in [-0.05, 0) is 37.9 Å². The van der Waals surface area contributed by atoms with Crippen LogP contribution in [-0.4, -0.2) is 42.4 Å². The molecule has 22 heavy (non-hydrogen) atoms. The number of carbonyl (C=O) groups is 2. The molecule has 0 radical (unpaired) electrons. The summed E-state index contributed by atoms with van der Waals surface area (Å²) < 4.78 is 13.6. The molecule has 1 aliphatic rings. The third-order valence-corrected chi connectivity index (χ3v) is 3.86. The summed E-state index contributed by atoms with van der Waals surface area (Å²) in [6, 6.07) is 6.08. The molecule has 1 saturated heterocycles. The van der Waals surface area contributed by atoms with Gasteiger partial charge in [-0.1, -0.05) is 12.1 Å². The summed E-state index contributed by atoms with van der Waals surface area (Å²) in [5.41, 5.74) is 5.48. The third-order valence-electron chi connectivity index (χ3n) is 3.86. The Morgan fingerprint density at radius 1 is 1.27 bits per heavy atom. The molecule has 1 fully saturated rings. The molecule has 1 aliphatic heterocycles. The summed E-state index contributed by atoms with van der Waals surface area (Å²) in [6.45, 7) is 1.55. The highest BCUT2D eigenvalue weighted by atomic mass is 19.1. The number of likely N-dealkylation sites (tertiary alicyclic amines) is 1. The Kier molecular flexibility index (Phi) is 5.89. The fourth-order valence-electron chi connectivity index (χ4n) is 2.59. The number of rotatable bonds is 5. The molecule has 1 aromatic carbocycles. The Labute approximate surface area is 129 Å². The Morgan fingerprint density at radius 3 is 2.59 bits per heavy atom. The highest BCUT2D eigenvalue weighted by Gasteiger charge is 2.25. The zero-order valence-electron chi connectivity index (χ0n) is 12.6. The van der Waals surface area contributed by atoms with Crippen LogP contribution in [0, 0.1) is 5.82 Å². The number of hydrogen-bond donors (Lipinski definition) is 2. The number of halogens is 1. The lowest BCUT2D eigenvalue weighted by Crippen LogP contribution is -2.46. The summed E-state index contributed by atoms with van der Waals surface area (Å²) in [5.74, 6) is -0.778. The van der Waals surface area contributed by atoms with Crippen molar-refractivity contribution in [1.29, 1.82) is 0 Å². The van der Waals surface area contributed by atoms with E-state index in [2.05, 4.69) is 5.32 Å². The molecular formula is C16H22FN3O2. The predicted octanol–water partition coefficient (Wildman–Crippen LogP) is 1.29. The van der Waals surface area contributed by atoms with E-state index in [4.69, 9.17) is 5.73 Å². The quantitative estimate of drug-likeness (QED) is 0.860. The van der Waals surface area contributed by atoms with Crippen LogP contribution in [0.2, 0.25) is 0 Å². The van der Waals surface area contributed by atoms with E-state index in [1.54, 1.807) is 17.0 Å². The van der Waals surface area contributed by atoms with Crippen molar-refractivity contribution in [2.24, 2.45) is 5.73 Å². The van der Waals surface area contributed by atoms with Crippen LogP contribution in [0.5, 0.6) is 0 Å². The van der Waals surface area contributed by atoms with Crippen LogP contribution < -0.4 is 11.1 Å². The van der Waals surface area contributed by atoms with Gasteiger partial charge in [-0.15, -0.1) is 0 Å². The topological polar surface area (TPSA) is 75.4 Å². The molecule has 1 aromatic rings. The van der Waals surface area contributed by atoms with Gasteiger partial charge in [0.05, 0.1) is 5.56 Å². The number of benzene rings is 1. The van der Waals surface area contributed by atoms with Gasteiger partial charge in [0.25, 0.3) is 5.91 Å². The van der Waals surface area contributed by atoms with Crippen LogP contribution in [0.1, 0.15) is 36.0 Å². The van der Waals surface area contributed by atoms with Gasteiger partial charge in [-0.2, -0.15) is 0 Å². The smallest absolute Gasteiger partial charge is 0.256 e. The van der Waals surface area contributed by atoms with Crippen molar-refractivity contribution in [2.45, 2.75) is 31.7 Å². The van der Waals surface area contributed by atoms with Crippen LogP contribution in [0.3, 0.4) is 0 Å². The van der Waals surface area contributed by atoms with Crippen molar-refractivity contribution in [3.63, 3.8) is 0 Å². The van der Waals surface area contributed by atoms with E-state index in [9.17, 15) is 14.0 Å². The van der Waals surface area contributed by atoms with Gasteiger partial charge in [0.1, 0.15) is 5.82 Å². The number of nitrogens with two attached hydrogens (primary N) is 1. The zero-order valence-corrected chi connectivity index (χ0v) is 12.6. The first-order valence-electron chi connectivity index (χ1n) is 7.65.